The van der Waals surface area contributed by atoms with Gasteiger partial charge in [-0.25, -0.2) is 8.78 Å². The van der Waals surface area contributed by atoms with Crippen molar-refractivity contribution in [3.8, 4) is 0 Å². The summed E-state index contributed by atoms with van der Waals surface area (Å²) < 4.78 is 133. The Morgan fingerprint density at radius 1 is 0.684 bits per heavy atom. The van der Waals surface area contributed by atoms with Crippen molar-refractivity contribution < 1.29 is 52.7 Å². The van der Waals surface area contributed by atoms with Gasteiger partial charge in [0, 0.05) is 6.42 Å². The highest BCUT2D eigenvalue weighted by Gasteiger charge is 2.64. The summed E-state index contributed by atoms with van der Waals surface area (Å²) in [5.74, 6) is -10.4. The minimum absolute atomic E-state index is 0.785. The molecule has 0 heterocycles. The van der Waals surface area contributed by atoms with Gasteiger partial charge in [-0.05, 0) is 0 Å². The van der Waals surface area contributed by atoms with Crippen LogP contribution in [0.3, 0.4) is 0 Å². The maximum Gasteiger partial charge on any atom is 0.459 e. The molecule has 0 atom stereocenters. The van der Waals surface area contributed by atoms with Gasteiger partial charge in [0.1, 0.15) is 0 Å². The van der Waals surface area contributed by atoms with E-state index in [1.807, 2.05) is 0 Å². The molecule has 0 N–H and O–H groups in total. The molecule has 12 heteroatoms. The van der Waals surface area contributed by atoms with Gasteiger partial charge in [-0.15, -0.1) is 0 Å². The number of hydrogen-bond acceptors (Lipinski definition) is 0. The Morgan fingerprint density at radius 3 is 1.00 bits per heavy atom. The maximum atomic E-state index is 11.5. The van der Waals surface area contributed by atoms with Crippen molar-refractivity contribution >= 4 is 0 Å². The molecule has 0 aliphatic heterocycles. The van der Waals surface area contributed by atoms with E-state index < -0.39 is 37.0 Å². The Hall–Kier alpha value is -0.840. The van der Waals surface area contributed by atoms with Crippen LogP contribution in [-0.2, 0) is 0 Å². The molecule has 118 valence electrons. The zero-order chi connectivity index (χ0) is 16.3. The Morgan fingerprint density at radius 2 is 1.00 bits per heavy atom. The minimum Gasteiger partial charge on any atom is -0.203 e. The fraction of sp³-hybridized carbons (Fsp3) is 1.00. The summed E-state index contributed by atoms with van der Waals surface area (Å²) in [5.41, 5.74) is 0. The molecule has 0 aromatic carbocycles. The molecule has 0 unspecified atom stereocenters. The molecule has 0 aromatic rings. The van der Waals surface area contributed by atoms with Gasteiger partial charge >= 0.3 is 30.6 Å². The van der Waals surface area contributed by atoms with E-state index in [0.29, 0.717) is 0 Å². The van der Waals surface area contributed by atoms with Gasteiger partial charge < -0.3 is 0 Å². The molecule has 0 fully saturated rings. The van der Waals surface area contributed by atoms with Crippen LogP contribution in [0.4, 0.5) is 52.7 Å². The average Bonchev–Trinajstić information content (AvgIpc) is 2.14. The normalized spacial score (nSPS) is 14.2. The first kappa shape index (κ1) is 20.5. The van der Waals surface area contributed by atoms with Crippen LogP contribution in [0.1, 0.15) is 13.3 Å². The number of alkyl halides is 12. The van der Waals surface area contributed by atoms with Gasteiger partial charge in [-0.1, -0.05) is 6.92 Å². The van der Waals surface area contributed by atoms with E-state index in [1.165, 1.54) is 0 Å². The minimum atomic E-state index is -6.17. The summed E-state index contributed by atoms with van der Waals surface area (Å²) in [4.78, 5) is 0. The van der Waals surface area contributed by atoms with Crippen molar-refractivity contribution in [3.63, 3.8) is 0 Å². The molecule has 0 spiro atoms. The van der Waals surface area contributed by atoms with Gasteiger partial charge in [-0.2, -0.15) is 43.9 Å². The standard InChI is InChI=1S/C4H5F5.C3HF7/c1-2-3(5,6)4(7,8)9;4-1(5)2(6,7)3(8,9)10/h2H2,1H3;1H. The Labute approximate surface area is 97.9 Å². The van der Waals surface area contributed by atoms with E-state index in [9.17, 15) is 52.7 Å². The summed E-state index contributed by atoms with van der Waals surface area (Å²) in [6.07, 6.45) is -17.5. The van der Waals surface area contributed by atoms with Crippen molar-refractivity contribution in [1.29, 1.82) is 0 Å². The van der Waals surface area contributed by atoms with Crippen molar-refractivity contribution in [2.45, 2.75) is 44.0 Å². The molecule has 0 saturated heterocycles. The van der Waals surface area contributed by atoms with Gasteiger partial charge in [0.2, 0.25) is 0 Å². The summed E-state index contributed by atoms with van der Waals surface area (Å²) in [5, 5.41) is 0. The number of halogens is 12. The van der Waals surface area contributed by atoms with Crippen LogP contribution in [0.2, 0.25) is 0 Å². The largest absolute Gasteiger partial charge is 0.459 e. The zero-order valence-electron chi connectivity index (χ0n) is 8.82. The molecule has 0 saturated carbocycles. The highest BCUT2D eigenvalue weighted by Crippen LogP contribution is 2.39. The summed E-state index contributed by atoms with van der Waals surface area (Å²) in [6.45, 7) is 0.785. The van der Waals surface area contributed by atoms with Crippen LogP contribution in [0.25, 0.3) is 0 Å². The molecule has 19 heavy (non-hydrogen) atoms. The van der Waals surface area contributed by atoms with Crippen molar-refractivity contribution in [2.75, 3.05) is 0 Å². The van der Waals surface area contributed by atoms with E-state index >= 15 is 0 Å². The van der Waals surface area contributed by atoms with Gasteiger partial charge in [0.25, 0.3) is 0 Å². The van der Waals surface area contributed by atoms with E-state index in [2.05, 4.69) is 0 Å². The third-order valence-corrected chi connectivity index (χ3v) is 1.51. The van der Waals surface area contributed by atoms with Crippen LogP contribution >= 0.6 is 0 Å². The molecule has 0 aliphatic rings. The van der Waals surface area contributed by atoms with Crippen molar-refractivity contribution in [1.82, 2.24) is 0 Å². The third-order valence-electron chi connectivity index (χ3n) is 1.51. The average molecular weight is 318 g/mol. The maximum absolute atomic E-state index is 11.5. The van der Waals surface area contributed by atoms with E-state index in [-0.39, 0.29) is 0 Å². The first-order valence-electron chi connectivity index (χ1n) is 4.18. The predicted octanol–water partition coefficient (Wildman–Crippen LogP) is 5.04. The topological polar surface area (TPSA) is 0 Å². The number of hydrogen-bond donors (Lipinski definition) is 0. The van der Waals surface area contributed by atoms with Gasteiger partial charge in [0.05, 0.1) is 0 Å². The third kappa shape index (κ3) is 5.76. The molecule has 0 bridgehead atoms. The fourth-order valence-corrected chi connectivity index (χ4v) is 0.324. The molecule has 0 aliphatic carbocycles. The molecule has 0 rings (SSSR count). The summed E-state index contributed by atoms with van der Waals surface area (Å²) in [7, 11) is 0. The van der Waals surface area contributed by atoms with Crippen LogP contribution < -0.4 is 0 Å². The molecule has 0 radical (unpaired) electrons. The smallest absolute Gasteiger partial charge is 0.203 e. The first-order chi connectivity index (χ1) is 8.00. The number of rotatable bonds is 2. The first-order valence-corrected chi connectivity index (χ1v) is 4.18. The highest BCUT2D eigenvalue weighted by atomic mass is 19.4. The van der Waals surface area contributed by atoms with Gasteiger partial charge in [-0.3, -0.25) is 0 Å². The fourth-order valence-electron chi connectivity index (χ4n) is 0.324. The lowest BCUT2D eigenvalue weighted by Crippen LogP contribution is -2.42. The van der Waals surface area contributed by atoms with Gasteiger partial charge in [0.15, 0.2) is 0 Å². The zero-order valence-corrected chi connectivity index (χ0v) is 8.82. The monoisotopic (exact) mass is 318 g/mol. The Kier molecular flexibility index (Phi) is 6.55. The van der Waals surface area contributed by atoms with Crippen LogP contribution in [-0.4, -0.2) is 30.6 Å². The van der Waals surface area contributed by atoms with E-state index in [0.717, 1.165) is 6.92 Å². The SMILES string of the molecule is CCC(F)(F)C(F)(F)F.FC(F)C(F)(F)C(F)(F)F. The molecule has 0 amide bonds. The van der Waals surface area contributed by atoms with Crippen molar-refractivity contribution in [3.05, 3.63) is 0 Å². The molecule has 0 aromatic heterocycles. The van der Waals surface area contributed by atoms with Crippen LogP contribution in [0.5, 0.6) is 0 Å². The summed E-state index contributed by atoms with van der Waals surface area (Å²) in [6, 6.07) is 0. The second-order valence-electron chi connectivity index (χ2n) is 2.98. The second-order valence-corrected chi connectivity index (χ2v) is 2.98. The quantitative estimate of drug-likeness (QED) is 0.626. The molecular weight excluding hydrogens is 312 g/mol. The van der Waals surface area contributed by atoms with Crippen LogP contribution in [0.15, 0.2) is 0 Å². The lowest BCUT2D eigenvalue weighted by atomic mass is 10.2. The highest BCUT2D eigenvalue weighted by molar-refractivity contribution is 4.77. The van der Waals surface area contributed by atoms with E-state index in [1.54, 1.807) is 0 Å². The van der Waals surface area contributed by atoms with E-state index in [4.69, 9.17) is 0 Å². The Bertz CT molecular complexity index is 258. The molecule has 0 nitrogen and oxygen atoms in total. The molecular formula is C7H6F12. The summed E-state index contributed by atoms with van der Waals surface area (Å²) >= 11 is 0. The lowest BCUT2D eigenvalue weighted by Gasteiger charge is -2.17. The second kappa shape index (κ2) is 6.07. The van der Waals surface area contributed by atoms with Crippen LogP contribution in [0, 0.1) is 0 Å². The van der Waals surface area contributed by atoms with Crippen molar-refractivity contribution in [2.24, 2.45) is 0 Å². The lowest BCUT2D eigenvalue weighted by molar-refractivity contribution is -0.320. The Balaban J connectivity index is 0. The predicted molar refractivity (Wildman–Crippen MR) is 38.3 cm³/mol.